The van der Waals surface area contributed by atoms with Crippen LogP contribution in [0, 0.1) is 0 Å². The molecule has 0 atom stereocenters. The maximum absolute atomic E-state index is 5.58. The van der Waals surface area contributed by atoms with E-state index in [1.165, 1.54) is 0 Å². The van der Waals surface area contributed by atoms with E-state index in [1.54, 1.807) is 12.4 Å². The molecule has 0 fully saturated rings. The molecule has 0 spiro atoms. The number of hydrogen-bond acceptors (Lipinski definition) is 4. The number of hydrogen-bond donors (Lipinski definition) is 1. The summed E-state index contributed by atoms with van der Waals surface area (Å²) in [4.78, 5) is 4.00. The Kier molecular flexibility index (Phi) is 6.53. The Bertz CT molecular complexity index is 292. The highest BCUT2D eigenvalue weighted by molar-refractivity contribution is 5.29. The molecule has 1 rings (SSSR count). The molecule has 16 heavy (non-hydrogen) atoms. The minimum Gasteiger partial charge on any atom is -0.489 e. The van der Waals surface area contributed by atoms with E-state index >= 15 is 0 Å². The zero-order chi connectivity index (χ0) is 11.6. The van der Waals surface area contributed by atoms with Gasteiger partial charge in [0, 0.05) is 24.9 Å². The van der Waals surface area contributed by atoms with E-state index in [9.17, 15) is 0 Å². The highest BCUT2D eigenvalue weighted by atomic mass is 16.5. The number of nitrogens with two attached hydrogens (primary N) is 1. The molecule has 4 heteroatoms. The molecule has 1 heterocycles. The predicted molar refractivity (Wildman–Crippen MR) is 63.4 cm³/mol. The Balaban J connectivity index is 2.21. The van der Waals surface area contributed by atoms with Crippen LogP contribution in [0.2, 0.25) is 0 Å². The minimum absolute atomic E-state index is 0.467. The summed E-state index contributed by atoms with van der Waals surface area (Å²) in [7, 11) is 0. The minimum atomic E-state index is 0.467. The molecule has 0 radical (unpaired) electrons. The van der Waals surface area contributed by atoms with Crippen molar-refractivity contribution >= 4 is 0 Å². The molecule has 0 aliphatic carbocycles. The molecule has 1 aromatic rings. The van der Waals surface area contributed by atoms with Gasteiger partial charge in [0.1, 0.15) is 12.4 Å². The van der Waals surface area contributed by atoms with Gasteiger partial charge >= 0.3 is 0 Å². The number of ether oxygens (including phenoxy) is 2. The Labute approximate surface area is 96.8 Å². The van der Waals surface area contributed by atoms with Gasteiger partial charge < -0.3 is 15.2 Å². The molecule has 0 bridgehead atoms. The second-order valence-corrected chi connectivity index (χ2v) is 3.50. The van der Waals surface area contributed by atoms with Gasteiger partial charge in [-0.15, -0.1) is 0 Å². The summed E-state index contributed by atoms with van der Waals surface area (Å²) in [5.74, 6) is 0.754. The average Bonchev–Trinajstić information content (AvgIpc) is 2.34. The second-order valence-electron chi connectivity index (χ2n) is 3.50. The van der Waals surface area contributed by atoms with E-state index < -0.39 is 0 Å². The highest BCUT2D eigenvalue weighted by Crippen LogP contribution is 2.14. The lowest BCUT2D eigenvalue weighted by molar-refractivity contribution is 0.0976. The molecule has 0 saturated heterocycles. The molecule has 2 N–H and O–H groups in total. The summed E-state index contributed by atoms with van der Waals surface area (Å²) >= 11 is 0. The van der Waals surface area contributed by atoms with Crippen molar-refractivity contribution in [3.05, 3.63) is 24.0 Å². The van der Waals surface area contributed by atoms with Gasteiger partial charge in [-0.3, -0.25) is 4.98 Å². The summed E-state index contributed by atoms with van der Waals surface area (Å²) in [5, 5.41) is 0. The largest absolute Gasteiger partial charge is 0.489 e. The van der Waals surface area contributed by atoms with Crippen molar-refractivity contribution in [1.82, 2.24) is 4.98 Å². The van der Waals surface area contributed by atoms with Crippen LogP contribution in [0.5, 0.6) is 5.75 Å². The monoisotopic (exact) mass is 224 g/mol. The number of unbranched alkanes of at least 4 members (excludes halogenated alkanes) is 1. The molecule has 0 aliphatic rings. The Morgan fingerprint density at radius 2 is 2.19 bits per heavy atom. The molecule has 0 unspecified atom stereocenters. The molecule has 0 amide bonds. The number of nitrogens with zero attached hydrogens (tertiary/aromatic N) is 1. The average molecular weight is 224 g/mol. The predicted octanol–water partition coefficient (Wildman–Crippen LogP) is 1.74. The fraction of sp³-hybridized carbons (Fsp3) is 0.583. The number of rotatable bonds is 8. The van der Waals surface area contributed by atoms with Gasteiger partial charge in [-0.1, -0.05) is 13.3 Å². The van der Waals surface area contributed by atoms with Crippen molar-refractivity contribution in [1.29, 1.82) is 0 Å². The molecule has 4 nitrogen and oxygen atoms in total. The molecule has 0 aliphatic heterocycles. The molecule has 90 valence electrons. The zero-order valence-electron chi connectivity index (χ0n) is 9.82. The Hall–Kier alpha value is -1.13. The van der Waals surface area contributed by atoms with E-state index in [0.717, 1.165) is 30.8 Å². The molecule has 0 aromatic carbocycles. The molecular formula is C12H20N2O2. The lowest BCUT2D eigenvalue weighted by atomic mass is 10.2. The van der Waals surface area contributed by atoms with Gasteiger partial charge in [-0.25, -0.2) is 0 Å². The highest BCUT2D eigenvalue weighted by Gasteiger charge is 2.00. The maximum Gasteiger partial charge on any atom is 0.142 e. The molecule has 0 saturated carbocycles. The standard InChI is InChI=1S/C12H20N2O2/c1-2-3-6-15-7-8-16-12-10-14-5-4-11(12)9-13/h4-5,10H,2-3,6-9,13H2,1H3. The smallest absolute Gasteiger partial charge is 0.142 e. The van der Waals surface area contributed by atoms with Gasteiger partial charge in [-0.05, 0) is 12.5 Å². The third kappa shape index (κ3) is 4.59. The molecular weight excluding hydrogens is 204 g/mol. The fourth-order valence-corrected chi connectivity index (χ4v) is 1.27. The number of pyridine rings is 1. The van der Waals surface area contributed by atoms with Crippen LogP contribution in [0.3, 0.4) is 0 Å². The van der Waals surface area contributed by atoms with E-state index in [1.807, 2.05) is 6.07 Å². The van der Waals surface area contributed by atoms with Gasteiger partial charge in [0.25, 0.3) is 0 Å². The SMILES string of the molecule is CCCCOCCOc1cnccc1CN. The summed E-state index contributed by atoms with van der Waals surface area (Å²) in [6.45, 7) is 4.57. The van der Waals surface area contributed by atoms with Gasteiger partial charge in [0.15, 0.2) is 0 Å². The van der Waals surface area contributed by atoms with E-state index in [4.69, 9.17) is 15.2 Å². The first-order chi connectivity index (χ1) is 7.88. The van der Waals surface area contributed by atoms with Crippen molar-refractivity contribution in [2.24, 2.45) is 5.73 Å². The fourth-order valence-electron chi connectivity index (χ4n) is 1.27. The first-order valence-corrected chi connectivity index (χ1v) is 5.72. The van der Waals surface area contributed by atoms with Crippen LogP contribution in [-0.2, 0) is 11.3 Å². The summed E-state index contributed by atoms with van der Waals surface area (Å²) in [6, 6.07) is 1.87. The summed E-state index contributed by atoms with van der Waals surface area (Å²) in [6.07, 6.45) is 5.66. The second kappa shape index (κ2) is 8.07. The van der Waals surface area contributed by atoms with Crippen LogP contribution >= 0.6 is 0 Å². The van der Waals surface area contributed by atoms with Crippen LogP contribution in [0.25, 0.3) is 0 Å². The van der Waals surface area contributed by atoms with Crippen LogP contribution in [-0.4, -0.2) is 24.8 Å². The first kappa shape index (κ1) is 12.9. The summed E-state index contributed by atoms with van der Waals surface area (Å²) in [5.41, 5.74) is 6.56. The van der Waals surface area contributed by atoms with E-state index in [0.29, 0.717) is 19.8 Å². The van der Waals surface area contributed by atoms with E-state index in [-0.39, 0.29) is 0 Å². The van der Waals surface area contributed by atoms with Crippen molar-refractivity contribution in [3.8, 4) is 5.75 Å². The van der Waals surface area contributed by atoms with Crippen molar-refractivity contribution in [2.75, 3.05) is 19.8 Å². The van der Waals surface area contributed by atoms with Gasteiger partial charge in [0.2, 0.25) is 0 Å². The van der Waals surface area contributed by atoms with Crippen LogP contribution in [0.1, 0.15) is 25.3 Å². The normalized spacial score (nSPS) is 10.4. The number of aromatic nitrogens is 1. The van der Waals surface area contributed by atoms with Crippen LogP contribution in [0.4, 0.5) is 0 Å². The quantitative estimate of drug-likeness (QED) is 0.683. The maximum atomic E-state index is 5.58. The summed E-state index contributed by atoms with van der Waals surface area (Å²) < 4.78 is 10.9. The Morgan fingerprint density at radius 1 is 1.31 bits per heavy atom. The van der Waals surface area contributed by atoms with Crippen molar-refractivity contribution in [2.45, 2.75) is 26.3 Å². The Morgan fingerprint density at radius 3 is 2.94 bits per heavy atom. The van der Waals surface area contributed by atoms with Crippen molar-refractivity contribution in [3.63, 3.8) is 0 Å². The van der Waals surface area contributed by atoms with Crippen molar-refractivity contribution < 1.29 is 9.47 Å². The third-order valence-corrected chi connectivity index (χ3v) is 2.22. The zero-order valence-corrected chi connectivity index (χ0v) is 9.82. The van der Waals surface area contributed by atoms with E-state index in [2.05, 4.69) is 11.9 Å². The topological polar surface area (TPSA) is 57.4 Å². The van der Waals surface area contributed by atoms with Crippen LogP contribution < -0.4 is 10.5 Å². The van der Waals surface area contributed by atoms with Gasteiger partial charge in [0.05, 0.1) is 12.8 Å². The first-order valence-electron chi connectivity index (χ1n) is 5.72. The van der Waals surface area contributed by atoms with Crippen LogP contribution in [0.15, 0.2) is 18.5 Å². The third-order valence-electron chi connectivity index (χ3n) is 2.22. The van der Waals surface area contributed by atoms with Gasteiger partial charge in [-0.2, -0.15) is 0 Å². The lowest BCUT2D eigenvalue weighted by Gasteiger charge is -2.09. The molecule has 1 aromatic heterocycles. The lowest BCUT2D eigenvalue weighted by Crippen LogP contribution is -2.09.